The van der Waals surface area contributed by atoms with E-state index < -0.39 is 0 Å². The second-order valence-corrected chi connectivity index (χ2v) is 8.62. The van der Waals surface area contributed by atoms with Gasteiger partial charge in [0.25, 0.3) is 5.91 Å². The van der Waals surface area contributed by atoms with Gasteiger partial charge in [0.2, 0.25) is 0 Å². The lowest BCUT2D eigenvalue weighted by Gasteiger charge is -2.21. The molecule has 0 saturated heterocycles. The van der Waals surface area contributed by atoms with Gasteiger partial charge in [-0.3, -0.25) is 9.69 Å². The van der Waals surface area contributed by atoms with Gasteiger partial charge >= 0.3 is 0 Å². The second-order valence-electron chi connectivity index (χ2n) is 7.61. The van der Waals surface area contributed by atoms with Crippen molar-refractivity contribution in [2.45, 2.75) is 13.3 Å². The fraction of sp³-hybridized carbons (Fsp3) is 0.261. The van der Waals surface area contributed by atoms with Crippen molar-refractivity contribution in [3.8, 4) is 5.69 Å². The summed E-state index contributed by atoms with van der Waals surface area (Å²) in [5.74, 6) is -0.467. The quantitative estimate of drug-likeness (QED) is 0.381. The number of aromatic nitrogens is 3. The smallest absolute Gasteiger partial charge is 0.263 e. The van der Waals surface area contributed by atoms with E-state index >= 15 is 0 Å². The molecule has 0 radical (unpaired) electrons. The van der Waals surface area contributed by atoms with Crippen molar-refractivity contribution in [1.29, 1.82) is 0 Å². The Balaban J connectivity index is 0.00000289. The van der Waals surface area contributed by atoms with Gasteiger partial charge in [-0.05, 0) is 64.3 Å². The highest BCUT2D eigenvalue weighted by molar-refractivity contribution is 7.22. The highest BCUT2D eigenvalue weighted by Gasteiger charge is 2.25. The Morgan fingerprint density at radius 2 is 1.88 bits per heavy atom. The molecule has 6 nitrogen and oxygen atoms in total. The normalized spacial score (nSPS) is 11.0. The van der Waals surface area contributed by atoms with Crippen LogP contribution in [-0.4, -0.2) is 52.8 Å². The monoisotopic (exact) mass is 473 g/mol. The number of amides is 1. The molecule has 1 amide bonds. The van der Waals surface area contributed by atoms with Gasteiger partial charge in [0.05, 0.1) is 33.4 Å². The number of anilines is 1. The van der Waals surface area contributed by atoms with E-state index in [-0.39, 0.29) is 24.1 Å². The molecular weight excluding hydrogens is 449 g/mol. The standard InChI is InChI=1S/C23H24FN5OS.ClH/c1-16-19(15-25-29(16)18-8-5-4-6-9-18)22(30)28(13-7-12-27(2)3)23-26-20-11-10-17(24)14-21(20)31-23;/h4-6,8-11,14-15H,7,12-13H2,1-3H3;1H. The van der Waals surface area contributed by atoms with E-state index in [1.165, 1.54) is 23.5 Å². The topological polar surface area (TPSA) is 54.3 Å². The molecule has 0 saturated carbocycles. The summed E-state index contributed by atoms with van der Waals surface area (Å²) in [7, 11) is 4.00. The number of halogens is 2. The summed E-state index contributed by atoms with van der Waals surface area (Å²) in [5, 5.41) is 5.01. The molecule has 4 rings (SSSR count). The van der Waals surface area contributed by atoms with Crippen molar-refractivity contribution in [3.63, 3.8) is 0 Å². The first-order chi connectivity index (χ1) is 14.9. The average Bonchev–Trinajstić information content (AvgIpc) is 3.34. The Bertz CT molecular complexity index is 1210. The van der Waals surface area contributed by atoms with E-state index in [9.17, 15) is 9.18 Å². The molecule has 0 N–H and O–H groups in total. The number of carbonyl (C=O) groups is 1. The third kappa shape index (κ3) is 4.98. The van der Waals surface area contributed by atoms with Crippen LogP contribution in [0.15, 0.2) is 54.7 Å². The van der Waals surface area contributed by atoms with Crippen molar-refractivity contribution in [2.24, 2.45) is 0 Å². The van der Waals surface area contributed by atoms with Crippen LogP contribution in [0.3, 0.4) is 0 Å². The van der Waals surface area contributed by atoms with Crippen LogP contribution in [-0.2, 0) is 0 Å². The van der Waals surface area contributed by atoms with Gasteiger partial charge in [0.1, 0.15) is 5.82 Å². The molecule has 2 heterocycles. The van der Waals surface area contributed by atoms with E-state index in [0.717, 1.165) is 29.0 Å². The SMILES string of the molecule is Cc1c(C(=O)N(CCCN(C)C)c2nc3ccc(F)cc3s2)cnn1-c1ccccc1.Cl. The van der Waals surface area contributed by atoms with Crippen LogP contribution in [0, 0.1) is 12.7 Å². The Morgan fingerprint density at radius 1 is 1.12 bits per heavy atom. The number of benzene rings is 2. The Morgan fingerprint density at radius 3 is 2.59 bits per heavy atom. The summed E-state index contributed by atoms with van der Waals surface area (Å²) in [4.78, 5) is 22.0. The zero-order valence-electron chi connectivity index (χ0n) is 18.2. The summed E-state index contributed by atoms with van der Waals surface area (Å²) in [6.45, 7) is 3.24. The number of fused-ring (bicyclic) bond motifs is 1. The molecule has 0 aliphatic heterocycles. The molecule has 2 aromatic carbocycles. The Hall–Kier alpha value is -2.81. The Labute approximate surface area is 196 Å². The molecule has 9 heteroatoms. The van der Waals surface area contributed by atoms with Crippen molar-refractivity contribution < 1.29 is 9.18 Å². The predicted octanol–water partition coefficient (Wildman–Crippen LogP) is 4.95. The predicted molar refractivity (Wildman–Crippen MR) is 130 cm³/mol. The van der Waals surface area contributed by atoms with Crippen molar-refractivity contribution in [1.82, 2.24) is 19.7 Å². The Kier molecular flexibility index (Phi) is 7.60. The van der Waals surface area contributed by atoms with E-state index in [2.05, 4.69) is 15.0 Å². The molecular formula is C23H25ClFN5OS. The number of hydrogen-bond acceptors (Lipinski definition) is 5. The first kappa shape index (κ1) is 23.8. The van der Waals surface area contributed by atoms with E-state index in [1.807, 2.05) is 51.4 Å². The third-order valence-corrected chi connectivity index (χ3v) is 6.08. The van der Waals surface area contributed by atoms with E-state index in [0.29, 0.717) is 22.8 Å². The third-order valence-electron chi connectivity index (χ3n) is 5.04. The van der Waals surface area contributed by atoms with Crippen LogP contribution in [0.4, 0.5) is 9.52 Å². The number of rotatable bonds is 7. The lowest BCUT2D eigenvalue weighted by Crippen LogP contribution is -2.33. The van der Waals surface area contributed by atoms with Crippen LogP contribution < -0.4 is 4.90 Å². The minimum Gasteiger partial charge on any atom is -0.309 e. The van der Waals surface area contributed by atoms with Crippen LogP contribution in [0.1, 0.15) is 22.5 Å². The lowest BCUT2D eigenvalue weighted by molar-refractivity contribution is 0.0985. The fourth-order valence-electron chi connectivity index (χ4n) is 3.43. The molecule has 0 fully saturated rings. The minimum absolute atomic E-state index is 0. The molecule has 0 bridgehead atoms. The average molecular weight is 474 g/mol. The van der Waals surface area contributed by atoms with Crippen molar-refractivity contribution in [3.05, 3.63) is 71.8 Å². The largest absolute Gasteiger partial charge is 0.309 e. The first-order valence-electron chi connectivity index (χ1n) is 10.1. The first-order valence-corrected chi connectivity index (χ1v) is 10.9. The summed E-state index contributed by atoms with van der Waals surface area (Å²) < 4.78 is 16.1. The highest BCUT2D eigenvalue weighted by atomic mass is 35.5. The number of carbonyl (C=O) groups excluding carboxylic acids is 1. The maximum Gasteiger partial charge on any atom is 0.263 e. The molecule has 0 aliphatic carbocycles. The molecule has 2 aromatic heterocycles. The number of para-hydroxylation sites is 1. The molecule has 0 aliphatic rings. The highest BCUT2D eigenvalue weighted by Crippen LogP contribution is 2.31. The minimum atomic E-state index is -0.312. The van der Waals surface area contributed by atoms with Crippen molar-refractivity contribution >= 4 is 45.0 Å². The maximum atomic E-state index is 13.7. The van der Waals surface area contributed by atoms with Gasteiger partial charge in [0, 0.05) is 6.54 Å². The summed E-state index contributed by atoms with van der Waals surface area (Å²) in [6.07, 6.45) is 2.39. The summed E-state index contributed by atoms with van der Waals surface area (Å²) in [5.41, 5.74) is 2.87. The molecule has 4 aromatic rings. The molecule has 0 unspecified atom stereocenters. The van der Waals surface area contributed by atoms with Crippen LogP contribution in [0.2, 0.25) is 0 Å². The molecule has 32 heavy (non-hydrogen) atoms. The van der Waals surface area contributed by atoms with Gasteiger partial charge in [-0.15, -0.1) is 12.4 Å². The van der Waals surface area contributed by atoms with E-state index in [4.69, 9.17) is 0 Å². The van der Waals surface area contributed by atoms with Crippen LogP contribution >= 0.6 is 23.7 Å². The molecule has 0 spiro atoms. The number of nitrogens with zero attached hydrogens (tertiary/aromatic N) is 5. The van der Waals surface area contributed by atoms with Crippen molar-refractivity contribution in [2.75, 3.05) is 32.1 Å². The van der Waals surface area contributed by atoms with E-state index in [1.54, 1.807) is 21.8 Å². The maximum absolute atomic E-state index is 13.7. The summed E-state index contributed by atoms with van der Waals surface area (Å²) >= 11 is 1.32. The summed E-state index contributed by atoms with van der Waals surface area (Å²) in [6, 6.07) is 14.2. The van der Waals surface area contributed by atoms with Gasteiger partial charge in [-0.2, -0.15) is 5.10 Å². The van der Waals surface area contributed by atoms with Crippen LogP contribution in [0.25, 0.3) is 15.9 Å². The fourth-order valence-corrected chi connectivity index (χ4v) is 4.44. The van der Waals surface area contributed by atoms with Gasteiger partial charge in [-0.25, -0.2) is 14.1 Å². The van der Waals surface area contributed by atoms with Gasteiger partial charge in [0.15, 0.2) is 5.13 Å². The number of hydrogen-bond donors (Lipinski definition) is 0. The zero-order chi connectivity index (χ0) is 22.0. The molecule has 0 atom stereocenters. The zero-order valence-corrected chi connectivity index (χ0v) is 19.8. The van der Waals surface area contributed by atoms with Crippen LogP contribution in [0.5, 0.6) is 0 Å². The second kappa shape index (κ2) is 10.2. The molecule has 168 valence electrons. The van der Waals surface area contributed by atoms with Gasteiger partial charge in [-0.1, -0.05) is 29.5 Å². The van der Waals surface area contributed by atoms with Gasteiger partial charge < -0.3 is 4.90 Å². The lowest BCUT2D eigenvalue weighted by atomic mass is 10.2. The number of thiazole rings is 1.